The Labute approximate surface area is 179 Å². The Morgan fingerprint density at radius 3 is 2.93 bits per heavy atom. The summed E-state index contributed by atoms with van der Waals surface area (Å²) in [5, 5.41) is 0.812. The molecule has 0 amide bonds. The first-order chi connectivity index (χ1) is 14.5. The van der Waals surface area contributed by atoms with Crippen molar-refractivity contribution in [3.63, 3.8) is 0 Å². The Hall–Kier alpha value is -2.38. The van der Waals surface area contributed by atoms with Crippen LogP contribution in [0.5, 0.6) is 11.5 Å². The zero-order chi connectivity index (χ0) is 20.8. The van der Waals surface area contributed by atoms with Crippen LogP contribution < -0.4 is 15.0 Å². The number of thiophene rings is 1. The van der Waals surface area contributed by atoms with E-state index in [9.17, 15) is 4.79 Å². The number of hydrogen-bond donors (Lipinski definition) is 1. The number of rotatable bonds is 4. The lowest BCUT2D eigenvalue weighted by Gasteiger charge is -2.25. The molecule has 5 rings (SSSR count). The minimum Gasteiger partial charge on any atom is -0.486 e. The van der Waals surface area contributed by atoms with E-state index in [4.69, 9.17) is 14.5 Å². The molecule has 0 spiro atoms. The summed E-state index contributed by atoms with van der Waals surface area (Å²) in [7, 11) is 2.05. The van der Waals surface area contributed by atoms with Gasteiger partial charge in [-0.05, 0) is 62.4 Å². The van der Waals surface area contributed by atoms with Gasteiger partial charge in [0, 0.05) is 11.4 Å². The summed E-state index contributed by atoms with van der Waals surface area (Å²) >= 11 is 1.70. The Morgan fingerprint density at radius 1 is 1.30 bits per heavy atom. The van der Waals surface area contributed by atoms with E-state index < -0.39 is 0 Å². The highest BCUT2D eigenvalue weighted by atomic mass is 32.1. The number of aryl methyl sites for hydroxylation is 1. The number of benzene rings is 1. The largest absolute Gasteiger partial charge is 0.486 e. The molecule has 0 unspecified atom stereocenters. The molecule has 1 aromatic carbocycles. The fraction of sp³-hybridized carbons (Fsp3) is 0.478. The van der Waals surface area contributed by atoms with Gasteiger partial charge in [-0.25, -0.2) is 4.98 Å². The fourth-order valence-corrected chi connectivity index (χ4v) is 5.77. The Bertz CT molecular complexity index is 1150. The van der Waals surface area contributed by atoms with Crippen LogP contribution in [-0.4, -0.2) is 35.1 Å². The summed E-state index contributed by atoms with van der Waals surface area (Å²) in [6.45, 7) is 6.26. The van der Waals surface area contributed by atoms with Crippen molar-refractivity contribution >= 4 is 21.6 Å². The van der Waals surface area contributed by atoms with E-state index >= 15 is 0 Å². The van der Waals surface area contributed by atoms with E-state index in [-0.39, 0.29) is 11.6 Å². The molecule has 3 aromatic rings. The average molecular weight is 426 g/mol. The van der Waals surface area contributed by atoms with Crippen molar-refractivity contribution in [2.24, 2.45) is 5.92 Å². The predicted molar refractivity (Wildman–Crippen MR) is 119 cm³/mol. The lowest BCUT2D eigenvalue weighted by Crippen LogP contribution is -2.26. The van der Waals surface area contributed by atoms with Crippen molar-refractivity contribution in [2.75, 3.05) is 20.3 Å². The van der Waals surface area contributed by atoms with Crippen LogP contribution >= 0.6 is 11.3 Å². The lowest BCUT2D eigenvalue weighted by molar-refractivity contribution is 0.171. The maximum Gasteiger partial charge on any atom is 0.259 e. The number of H-pyrrole nitrogens is 1. The van der Waals surface area contributed by atoms with Crippen molar-refractivity contribution in [3.8, 4) is 11.5 Å². The van der Waals surface area contributed by atoms with Crippen molar-refractivity contribution in [1.82, 2.24) is 14.9 Å². The number of nitrogens with zero attached hydrogens (tertiary/aromatic N) is 2. The first-order valence-corrected chi connectivity index (χ1v) is 11.4. The second-order valence-corrected chi connectivity index (χ2v) is 9.64. The zero-order valence-corrected chi connectivity index (χ0v) is 18.5. The van der Waals surface area contributed by atoms with Gasteiger partial charge in [0.25, 0.3) is 5.56 Å². The molecule has 1 aliphatic carbocycles. The minimum absolute atomic E-state index is 0.00151. The van der Waals surface area contributed by atoms with Gasteiger partial charge in [-0.1, -0.05) is 13.0 Å². The maximum atomic E-state index is 12.9. The molecular formula is C23H27N3O3S. The summed E-state index contributed by atoms with van der Waals surface area (Å²) in [5.41, 5.74) is 2.37. The van der Waals surface area contributed by atoms with Crippen LogP contribution in [0.15, 0.2) is 23.0 Å². The van der Waals surface area contributed by atoms with Gasteiger partial charge in [0.05, 0.1) is 11.4 Å². The molecule has 158 valence electrons. The maximum absolute atomic E-state index is 12.9. The van der Waals surface area contributed by atoms with Gasteiger partial charge in [-0.15, -0.1) is 11.3 Å². The van der Waals surface area contributed by atoms with E-state index in [0.29, 0.717) is 19.1 Å². The SMILES string of the molecule is C[C@H]1CCc2c(sc3nc([C@H](C)N(C)Cc4ccc5c(c4)OCCO5)[nH]c(=O)c23)C1. The summed E-state index contributed by atoms with van der Waals surface area (Å²) in [6.07, 6.45) is 3.19. The molecule has 7 heteroatoms. The Morgan fingerprint density at radius 2 is 2.10 bits per heavy atom. The molecule has 30 heavy (non-hydrogen) atoms. The second kappa shape index (κ2) is 7.71. The van der Waals surface area contributed by atoms with Gasteiger partial charge in [-0.2, -0.15) is 0 Å². The standard InChI is InChI=1S/C23H27N3O3S/c1-13-4-6-16-19(10-13)30-23-20(16)22(27)24-21(25-23)14(2)26(3)12-15-5-7-17-18(11-15)29-9-8-28-17/h5,7,11,13-14H,4,6,8-10,12H2,1-3H3,(H,24,25,27)/t13-,14-/m0/s1. The predicted octanol–water partition coefficient (Wildman–Crippen LogP) is 4.07. The normalized spacial score (nSPS) is 19.1. The van der Waals surface area contributed by atoms with E-state index in [1.807, 2.05) is 19.2 Å². The van der Waals surface area contributed by atoms with Crippen molar-refractivity contribution < 1.29 is 9.47 Å². The van der Waals surface area contributed by atoms with Crippen molar-refractivity contribution in [1.29, 1.82) is 0 Å². The van der Waals surface area contributed by atoms with Crippen LogP contribution in [0.3, 0.4) is 0 Å². The lowest BCUT2D eigenvalue weighted by atomic mass is 9.89. The van der Waals surface area contributed by atoms with Gasteiger partial charge in [-0.3, -0.25) is 9.69 Å². The number of fused-ring (bicyclic) bond motifs is 4. The van der Waals surface area contributed by atoms with Crippen molar-refractivity contribution in [3.05, 3.63) is 50.4 Å². The number of aromatic amines is 1. The Balaban J connectivity index is 1.40. The zero-order valence-electron chi connectivity index (χ0n) is 17.7. The molecule has 0 bridgehead atoms. The highest BCUT2D eigenvalue weighted by molar-refractivity contribution is 7.18. The molecule has 1 N–H and O–H groups in total. The fourth-order valence-electron chi connectivity index (χ4n) is 4.38. The quantitative estimate of drug-likeness (QED) is 0.682. The third kappa shape index (κ3) is 3.50. The Kier molecular flexibility index (Phi) is 5.03. The van der Waals surface area contributed by atoms with E-state index in [2.05, 4.69) is 29.8 Å². The van der Waals surface area contributed by atoms with E-state index in [1.54, 1.807) is 11.3 Å². The number of aromatic nitrogens is 2. The summed E-state index contributed by atoms with van der Waals surface area (Å²) < 4.78 is 11.3. The first kappa shape index (κ1) is 19.6. The third-order valence-corrected chi connectivity index (χ3v) is 7.43. The van der Waals surface area contributed by atoms with Crippen LogP contribution in [0.4, 0.5) is 0 Å². The highest BCUT2D eigenvalue weighted by Crippen LogP contribution is 2.36. The van der Waals surface area contributed by atoms with Crippen LogP contribution in [0, 0.1) is 5.92 Å². The number of nitrogens with one attached hydrogen (secondary N) is 1. The number of hydrogen-bond acceptors (Lipinski definition) is 6. The third-order valence-electron chi connectivity index (χ3n) is 6.28. The molecule has 2 atom stereocenters. The van der Waals surface area contributed by atoms with Crippen LogP contribution in [-0.2, 0) is 19.4 Å². The van der Waals surface area contributed by atoms with Gasteiger partial charge in [0.1, 0.15) is 23.9 Å². The summed E-state index contributed by atoms with van der Waals surface area (Å²) in [5.74, 6) is 3.00. The first-order valence-electron chi connectivity index (χ1n) is 10.6. The van der Waals surface area contributed by atoms with Gasteiger partial charge >= 0.3 is 0 Å². The van der Waals surface area contributed by atoms with Gasteiger partial charge < -0.3 is 14.5 Å². The molecule has 6 nitrogen and oxygen atoms in total. The molecule has 3 heterocycles. The molecule has 0 fully saturated rings. The molecule has 2 aromatic heterocycles. The van der Waals surface area contributed by atoms with Crippen LogP contribution in [0.2, 0.25) is 0 Å². The molecule has 0 saturated heterocycles. The molecule has 1 aliphatic heterocycles. The van der Waals surface area contributed by atoms with Gasteiger partial charge in [0.15, 0.2) is 11.5 Å². The monoisotopic (exact) mass is 425 g/mol. The minimum atomic E-state index is -0.0200. The smallest absolute Gasteiger partial charge is 0.259 e. The summed E-state index contributed by atoms with van der Waals surface area (Å²) in [6, 6.07) is 6.04. The molecule has 0 saturated carbocycles. The van der Waals surface area contributed by atoms with Crippen molar-refractivity contribution in [2.45, 2.75) is 45.7 Å². The average Bonchev–Trinajstić information content (AvgIpc) is 3.10. The number of ether oxygens (including phenoxy) is 2. The molecular weight excluding hydrogens is 398 g/mol. The van der Waals surface area contributed by atoms with Crippen LogP contribution in [0.25, 0.3) is 10.2 Å². The highest BCUT2D eigenvalue weighted by Gasteiger charge is 2.24. The van der Waals surface area contributed by atoms with Crippen LogP contribution in [0.1, 0.15) is 48.1 Å². The topological polar surface area (TPSA) is 67.5 Å². The second-order valence-electron chi connectivity index (χ2n) is 8.55. The molecule has 0 radical (unpaired) electrons. The summed E-state index contributed by atoms with van der Waals surface area (Å²) in [4.78, 5) is 25.3. The van der Waals surface area contributed by atoms with Gasteiger partial charge in [0.2, 0.25) is 0 Å². The molecule has 2 aliphatic rings. The van der Waals surface area contributed by atoms with E-state index in [0.717, 1.165) is 58.9 Å². The van der Waals surface area contributed by atoms with E-state index in [1.165, 1.54) is 10.4 Å².